The van der Waals surface area contributed by atoms with E-state index in [1.165, 1.54) is 0 Å². The molecule has 2 aromatic rings. The van der Waals surface area contributed by atoms with Crippen LogP contribution < -0.4 is 10.1 Å². The van der Waals surface area contributed by atoms with E-state index in [-0.39, 0.29) is 12.0 Å². The Bertz CT molecular complexity index is 722. The molecule has 0 unspecified atom stereocenters. The number of carbonyl (C=O) groups is 1. The second kappa shape index (κ2) is 7.32. The maximum atomic E-state index is 12.4. The summed E-state index contributed by atoms with van der Waals surface area (Å²) in [6.45, 7) is 2.18. The number of carbonyl (C=O) groups excluding carboxylic acids is 1. The molecule has 0 aliphatic carbocycles. The Hall–Kier alpha value is -2.59. The first-order valence-corrected chi connectivity index (χ1v) is 8.06. The third-order valence-corrected chi connectivity index (χ3v) is 4.11. The molecule has 24 heavy (non-hydrogen) atoms. The molecule has 0 fully saturated rings. The molecule has 4 nitrogen and oxygen atoms in total. The van der Waals surface area contributed by atoms with Gasteiger partial charge in [-0.2, -0.15) is 0 Å². The summed E-state index contributed by atoms with van der Waals surface area (Å²) in [6.07, 6.45) is 2.10. The summed E-state index contributed by atoms with van der Waals surface area (Å²) >= 11 is 0. The summed E-state index contributed by atoms with van der Waals surface area (Å²) < 4.78 is 10.4. The van der Waals surface area contributed by atoms with Gasteiger partial charge in [-0.1, -0.05) is 48.5 Å². The van der Waals surface area contributed by atoms with Gasteiger partial charge in [-0.25, -0.2) is 4.79 Å². The highest BCUT2D eigenvalue weighted by Gasteiger charge is 2.33. The molecule has 4 heteroatoms. The van der Waals surface area contributed by atoms with Crippen LogP contribution >= 0.6 is 0 Å². The number of methoxy groups -OCH3 is 1. The number of benzene rings is 2. The monoisotopic (exact) mass is 323 g/mol. The zero-order valence-electron chi connectivity index (χ0n) is 13.9. The first-order chi connectivity index (χ1) is 11.7. The van der Waals surface area contributed by atoms with Crippen molar-refractivity contribution in [1.29, 1.82) is 0 Å². The van der Waals surface area contributed by atoms with E-state index in [1.54, 1.807) is 7.11 Å². The largest absolute Gasteiger partial charge is 0.497 e. The van der Waals surface area contributed by atoms with Crippen LogP contribution in [-0.4, -0.2) is 25.7 Å². The van der Waals surface area contributed by atoms with Crippen LogP contribution in [0.2, 0.25) is 0 Å². The SMILES string of the molecule is CCOC(=O)[C@H]1N[C@@H](c2ccccc2)C=C1c1ccc(OC)cc1. The summed E-state index contributed by atoms with van der Waals surface area (Å²) in [4.78, 5) is 12.4. The Morgan fingerprint density at radius 3 is 2.42 bits per heavy atom. The third kappa shape index (κ3) is 3.34. The van der Waals surface area contributed by atoms with E-state index in [4.69, 9.17) is 9.47 Å². The van der Waals surface area contributed by atoms with Crippen LogP contribution in [0.25, 0.3) is 5.57 Å². The summed E-state index contributed by atoms with van der Waals surface area (Å²) in [5.74, 6) is 0.538. The number of hydrogen-bond donors (Lipinski definition) is 1. The van der Waals surface area contributed by atoms with Crippen LogP contribution in [-0.2, 0) is 9.53 Å². The van der Waals surface area contributed by atoms with E-state index in [0.717, 1.165) is 22.4 Å². The molecule has 1 aliphatic rings. The van der Waals surface area contributed by atoms with Gasteiger partial charge in [0.2, 0.25) is 0 Å². The van der Waals surface area contributed by atoms with E-state index in [0.29, 0.717) is 6.61 Å². The molecule has 0 spiro atoms. The van der Waals surface area contributed by atoms with Gasteiger partial charge in [0.05, 0.1) is 19.8 Å². The minimum absolute atomic E-state index is 0.0160. The van der Waals surface area contributed by atoms with Crippen LogP contribution in [0.1, 0.15) is 24.1 Å². The van der Waals surface area contributed by atoms with E-state index in [9.17, 15) is 4.79 Å². The molecule has 1 aliphatic heterocycles. The number of rotatable bonds is 5. The van der Waals surface area contributed by atoms with Crippen molar-refractivity contribution in [2.24, 2.45) is 0 Å². The van der Waals surface area contributed by atoms with Gasteiger partial charge in [-0.15, -0.1) is 0 Å². The molecule has 0 radical (unpaired) electrons. The Kier molecular flexibility index (Phi) is 4.96. The minimum atomic E-state index is -0.469. The van der Waals surface area contributed by atoms with Crippen LogP contribution in [0.15, 0.2) is 60.7 Å². The second-order valence-electron chi connectivity index (χ2n) is 5.59. The first-order valence-electron chi connectivity index (χ1n) is 8.06. The predicted molar refractivity (Wildman–Crippen MR) is 93.7 cm³/mol. The maximum Gasteiger partial charge on any atom is 0.327 e. The highest BCUT2D eigenvalue weighted by molar-refractivity contribution is 5.94. The van der Waals surface area contributed by atoms with Crippen molar-refractivity contribution < 1.29 is 14.3 Å². The van der Waals surface area contributed by atoms with Crippen molar-refractivity contribution >= 4 is 11.5 Å². The van der Waals surface area contributed by atoms with Gasteiger partial charge in [0.25, 0.3) is 0 Å². The summed E-state index contributed by atoms with van der Waals surface area (Å²) in [5, 5.41) is 3.37. The van der Waals surface area contributed by atoms with Gasteiger partial charge in [0.15, 0.2) is 0 Å². The van der Waals surface area contributed by atoms with Crippen molar-refractivity contribution in [1.82, 2.24) is 5.32 Å². The van der Waals surface area contributed by atoms with Crippen LogP contribution in [0.4, 0.5) is 0 Å². The Balaban J connectivity index is 1.94. The topological polar surface area (TPSA) is 47.6 Å². The van der Waals surface area contributed by atoms with E-state index >= 15 is 0 Å². The lowest BCUT2D eigenvalue weighted by Crippen LogP contribution is -2.36. The molecule has 0 bridgehead atoms. The van der Waals surface area contributed by atoms with Crippen molar-refractivity contribution in [3.05, 3.63) is 71.8 Å². The zero-order valence-corrected chi connectivity index (χ0v) is 13.9. The average Bonchev–Trinajstić information content (AvgIpc) is 3.08. The highest BCUT2D eigenvalue weighted by atomic mass is 16.5. The normalized spacial score (nSPS) is 19.7. The van der Waals surface area contributed by atoms with Crippen LogP contribution in [0.3, 0.4) is 0 Å². The van der Waals surface area contributed by atoms with Crippen molar-refractivity contribution in [2.75, 3.05) is 13.7 Å². The second-order valence-corrected chi connectivity index (χ2v) is 5.59. The number of esters is 1. The molecule has 0 aromatic heterocycles. The van der Waals surface area contributed by atoms with Gasteiger partial charge in [-0.3, -0.25) is 5.32 Å². The lowest BCUT2D eigenvalue weighted by molar-refractivity contribution is -0.143. The first kappa shape index (κ1) is 16.3. The van der Waals surface area contributed by atoms with Gasteiger partial charge >= 0.3 is 5.97 Å². The molecule has 124 valence electrons. The Labute approximate surface area is 142 Å². The standard InChI is InChI=1S/C20H21NO3/c1-3-24-20(22)19-17(14-9-11-16(23-2)12-10-14)13-18(21-19)15-7-5-4-6-8-15/h4-13,18-19,21H,3H2,1-2H3/t18-,19+/m1/s1. The summed E-state index contributed by atoms with van der Waals surface area (Å²) in [5.41, 5.74) is 3.04. The Morgan fingerprint density at radius 2 is 1.79 bits per heavy atom. The maximum absolute atomic E-state index is 12.4. The Morgan fingerprint density at radius 1 is 1.08 bits per heavy atom. The molecule has 0 saturated heterocycles. The smallest absolute Gasteiger partial charge is 0.327 e. The van der Waals surface area contributed by atoms with E-state index < -0.39 is 6.04 Å². The molecular weight excluding hydrogens is 302 g/mol. The quantitative estimate of drug-likeness (QED) is 0.857. The van der Waals surface area contributed by atoms with Crippen molar-refractivity contribution in [3.8, 4) is 5.75 Å². The molecule has 2 atom stereocenters. The lowest BCUT2D eigenvalue weighted by Gasteiger charge is -2.17. The molecule has 2 aromatic carbocycles. The molecular formula is C20H21NO3. The number of hydrogen-bond acceptors (Lipinski definition) is 4. The van der Waals surface area contributed by atoms with Crippen LogP contribution in [0.5, 0.6) is 5.75 Å². The lowest BCUT2D eigenvalue weighted by atomic mass is 9.99. The number of nitrogens with one attached hydrogen (secondary N) is 1. The van der Waals surface area contributed by atoms with Gasteiger partial charge in [0.1, 0.15) is 11.8 Å². The summed E-state index contributed by atoms with van der Waals surface area (Å²) in [6, 6.07) is 17.3. The van der Waals surface area contributed by atoms with Crippen molar-refractivity contribution in [3.63, 3.8) is 0 Å². The number of ether oxygens (including phenoxy) is 2. The predicted octanol–water partition coefficient (Wildman–Crippen LogP) is 3.35. The molecule has 3 rings (SSSR count). The molecule has 0 amide bonds. The fourth-order valence-corrected chi connectivity index (χ4v) is 2.91. The molecule has 1 heterocycles. The van der Waals surface area contributed by atoms with Gasteiger partial charge in [-0.05, 0) is 35.8 Å². The van der Waals surface area contributed by atoms with Crippen LogP contribution in [0, 0.1) is 0 Å². The van der Waals surface area contributed by atoms with Gasteiger partial charge in [0, 0.05) is 0 Å². The molecule has 0 saturated carbocycles. The van der Waals surface area contributed by atoms with E-state index in [1.807, 2.05) is 61.5 Å². The average molecular weight is 323 g/mol. The molecule has 1 N–H and O–H groups in total. The minimum Gasteiger partial charge on any atom is -0.497 e. The van der Waals surface area contributed by atoms with Gasteiger partial charge < -0.3 is 9.47 Å². The fourth-order valence-electron chi connectivity index (χ4n) is 2.91. The third-order valence-electron chi connectivity index (χ3n) is 4.11. The zero-order chi connectivity index (χ0) is 16.9. The van der Waals surface area contributed by atoms with Crippen molar-refractivity contribution in [2.45, 2.75) is 19.0 Å². The fraction of sp³-hybridized carbons (Fsp3) is 0.250. The highest BCUT2D eigenvalue weighted by Crippen LogP contribution is 2.32. The summed E-state index contributed by atoms with van der Waals surface area (Å²) in [7, 11) is 1.64. The van der Waals surface area contributed by atoms with E-state index in [2.05, 4.69) is 11.4 Å².